The second kappa shape index (κ2) is 15.2. The lowest BCUT2D eigenvalue weighted by atomic mass is 9.76. The van der Waals surface area contributed by atoms with E-state index in [-0.39, 0.29) is 48.7 Å². The molecule has 1 unspecified atom stereocenters. The van der Waals surface area contributed by atoms with E-state index in [0.29, 0.717) is 58.2 Å². The highest BCUT2D eigenvalue weighted by atomic mass is 16.6. The average molecular weight is 871 g/mol. The topological polar surface area (TPSA) is 168 Å². The van der Waals surface area contributed by atoms with Gasteiger partial charge in [0.1, 0.15) is 12.4 Å². The number of aliphatic hydroxyl groups is 1. The number of benzene rings is 2. The Morgan fingerprint density at radius 1 is 1.05 bits per heavy atom. The average Bonchev–Trinajstić information content (AvgIpc) is 4.07. The molecule has 1 saturated heterocycles. The molecule has 7 heterocycles. The highest BCUT2D eigenvalue weighted by Gasteiger charge is 2.59. The van der Waals surface area contributed by atoms with E-state index in [1.54, 1.807) is 6.07 Å². The number of nitrogens with one attached hydrogen (secondary N) is 1. The Morgan fingerprint density at radius 2 is 1.82 bits per heavy atom. The van der Waals surface area contributed by atoms with Crippen molar-refractivity contribution in [1.82, 2.24) is 5.32 Å². The Hall–Kier alpha value is -7.15. The largest absolute Gasteiger partial charge is 0.515 e. The molecule has 1 aliphatic carbocycles. The molecule has 3 atom stereocenters. The van der Waals surface area contributed by atoms with Crippen molar-refractivity contribution in [3.63, 3.8) is 0 Å². The highest BCUT2D eigenvalue weighted by Crippen LogP contribution is 2.55. The first kappa shape index (κ1) is 41.8. The molecule has 0 aromatic heterocycles. The van der Waals surface area contributed by atoms with Gasteiger partial charge in [-0.15, -0.1) is 0 Å². The third-order valence-corrected chi connectivity index (χ3v) is 14.6. The number of nitrogens with zero attached hydrogens (tertiary/aromatic N) is 5. The molecule has 13 nitrogen and oxygen atoms in total. The standard InChI is InChI=1S/C52H50N6O7/c1-8-33-27(2)39-24-43-36(26-59)29(4)38(54-43)23-40-28(3)34(49(55-40)35-22-45(60)48-30(5)41(56-50(35)48)25-42(33)53-39)14-16-47(61)64-20-19-57-44-12-10-9-11-37(44)51(6,7)52(57)18-17-31-21-32(58(62)63)13-15-46(31)65-52/h9-13,15,17-18,21,23-26,28,34,55,59H,8,14,16,19-20,22H2,1-7H3/b36-26+,39-24?,40-23?,41-25?,49-35?/t28-,34-,52?/m0/s1. The Bertz CT molecular complexity index is 2980. The maximum Gasteiger partial charge on any atom is 0.305 e. The van der Waals surface area contributed by atoms with E-state index in [1.165, 1.54) is 12.1 Å². The predicted octanol–water partition coefficient (Wildman–Crippen LogP) is 9.69. The lowest BCUT2D eigenvalue weighted by molar-refractivity contribution is -0.384. The molecule has 10 rings (SSSR count). The molecule has 13 heteroatoms. The number of fused-ring (bicyclic) bond motifs is 7. The number of para-hydroxylation sites is 1. The number of allylic oxidation sites excluding steroid dienone is 12. The van der Waals surface area contributed by atoms with E-state index in [0.717, 1.165) is 74.6 Å². The first-order chi connectivity index (χ1) is 31.1. The molecule has 65 heavy (non-hydrogen) atoms. The molecular weight excluding hydrogens is 821 g/mol. The number of ketones is 1. The number of nitro benzene ring substituents is 1. The van der Waals surface area contributed by atoms with E-state index in [2.05, 4.69) is 44.0 Å². The Kier molecular flexibility index (Phi) is 9.81. The van der Waals surface area contributed by atoms with Crippen LogP contribution in [-0.2, 0) is 19.7 Å². The summed E-state index contributed by atoms with van der Waals surface area (Å²) in [5, 5.41) is 25.7. The quantitative estimate of drug-likeness (QED) is 0.114. The first-order valence-corrected chi connectivity index (χ1v) is 22.3. The number of ether oxygens (including phenoxy) is 2. The number of non-ortho nitro benzene ring substituents is 1. The van der Waals surface area contributed by atoms with Crippen LogP contribution in [0.1, 0.15) is 85.3 Å². The summed E-state index contributed by atoms with van der Waals surface area (Å²) in [5.41, 5.74) is 12.9. The zero-order valence-corrected chi connectivity index (χ0v) is 37.5. The van der Waals surface area contributed by atoms with Gasteiger partial charge in [0, 0.05) is 76.2 Å². The van der Waals surface area contributed by atoms with Gasteiger partial charge in [-0.05, 0) is 118 Å². The van der Waals surface area contributed by atoms with Gasteiger partial charge in [0.25, 0.3) is 5.69 Å². The molecule has 2 fully saturated rings. The van der Waals surface area contributed by atoms with Gasteiger partial charge in [0.05, 0.1) is 57.4 Å². The lowest BCUT2D eigenvalue weighted by Crippen LogP contribution is -2.60. The molecule has 330 valence electrons. The third kappa shape index (κ3) is 6.37. The van der Waals surface area contributed by atoms with Crippen molar-refractivity contribution in [2.45, 2.75) is 85.3 Å². The van der Waals surface area contributed by atoms with Crippen LogP contribution < -0.4 is 15.0 Å². The highest BCUT2D eigenvalue weighted by molar-refractivity contribution is 6.38. The molecule has 8 bridgehead atoms. The Labute approximate surface area is 377 Å². The van der Waals surface area contributed by atoms with Crippen LogP contribution in [0.2, 0.25) is 0 Å². The molecule has 7 aliphatic heterocycles. The zero-order chi connectivity index (χ0) is 45.7. The van der Waals surface area contributed by atoms with Gasteiger partial charge in [-0.1, -0.05) is 32.0 Å². The number of hydrogen-bond donors (Lipinski definition) is 2. The van der Waals surface area contributed by atoms with Gasteiger partial charge in [0.2, 0.25) is 5.72 Å². The number of carbonyl (C=O) groups is 2. The summed E-state index contributed by atoms with van der Waals surface area (Å²) in [6.45, 7) is 14.8. The van der Waals surface area contributed by atoms with Gasteiger partial charge in [0.15, 0.2) is 5.78 Å². The molecule has 2 aromatic rings. The molecule has 2 aromatic carbocycles. The van der Waals surface area contributed by atoms with E-state index in [1.807, 2.05) is 69.4 Å². The number of Topliss-reactive ketones (excluding diaryl/α,β-unsaturated/α-hetero) is 1. The maximum atomic E-state index is 13.9. The number of rotatable bonds is 8. The molecule has 1 saturated carbocycles. The van der Waals surface area contributed by atoms with Crippen LogP contribution in [0.5, 0.6) is 5.75 Å². The van der Waals surface area contributed by atoms with Crippen molar-refractivity contribution in [3.05, 3.63) is 162 Å². The number of carbonyl (C=O) groups excluding carboxylic acids is 2. The smallest absolute Gasteiger partial charge is 0.305 e. The number of aliphatic hydroxyl groups excluding tert-OH is 1. The van der Waals surface area contributed by atoms with Crippen LogP contribution in [0.15, 0.2) is 156 Å². The van der Waals surface area contributed by atoms with Crippen molar-refractivity contribution in [2.75, 3.05) is 18.1 Å². The third-order valence-electron chi connectivity index (χ3n) is 14.6. The van der Waals surface area contributed by atoms with E-state index in [4.69, 9.17) is 24.5 Å². The second-order valence-electron chi connectivity index (χ2n) is 18.3. The minimum atomic E-state index is -0.995. The zero-order valence-electron chi connectivity index (χ0n) is 37.5. The molecule has 0 radical (unpaired) electrons. The molecule has 2 N–H and O–H groups in total. The lowest BCUT2D eigenvalue weighted by Gasteiger charge is -2.47. The summed E-state index contributed by atoms with van der Waals surface area (Å²) < 4.78 is 12.9. The van der Waals surface area contributed by atoms with Crippen LogP contribution in [0.25, 0.3) is 6.08 Å². The fourth-order valence-electron chi connectivity index (χ4n) is 10.9. The molecular formula is C52H50N6O7. The van der Waals surface area contributed by atoms with E-state index < -0.39 is 16.1 Å². The minimum Gasteiger partial charge on any atom is -0.515 e. The molecule has 1 spiro atoms. The molecule has 8 aliphatic rings. The summed E-state index contributed by atoms with van der Waals surface area (Å²) in [4.78, 5) is 56.1. The van der Waals surface area contributed by atoms with Gasteiger partial charge in [-0.25, -0.2) is 15.0 Å². The predicted molar refractivity (Wildman–Crippen MR) is 251 cm³/mol. The van der Waals surface area contributed by atoms with Crippen LogP contribution in [0.4, 0.5) is 11.4 Å². The van der Waals surface area contributed by atoms with Gasteiger partial charge < -0.3 is 24.8 Å². The van der Waals surface area contributed by atoms with Crippen LogP contribution >= 0.6 is 0 Å². The van der Waals surface area contributed by atoms with Crippen molar-refractivity contribution in [3.8, 4) is 5.75 Å². The number of anilines is 1. The maximum absolute atomic E-state index is 13.9. The fraction of sp³-hybridized carbons (Fsp3) is 0.327. The number of esters is 1. The Morgan fingerprint density at radius 3 is 2.58 bits per heavy atom. The van der Waals surface area contributed by atoms with Crippen molar-refractivity contribution < 1.29 is 29.1 Å². The first-order valence-electron chi connectivity index (χ1n) is 22.3. The summed E-state index contributed by atoms with van der Waals surface area (Å²) >= 11 is 0. The van der Waals surface area contributed by atoms with Gasteiger partial charge >= 0.3 is 5.97 Å². The fourth-order valence-corrected chi connectivity index (χ4v) is 10.9. The van der Waals surface area contributed by atoms with Crippen molar-refractivity contribution >= 4 is 46.3 Å². The van der Waals surface area contributed by atoms with Crippen molar-refractivity contribution in [2.24, 2.45) is 26.8 Å². The number of hydrogen-bond acceptors (Lipinski definition) is 12. The summed E-state index contributed by atoms with van der Waals surface area (Å²) in [6.07, 6.45) is 12.4. The normalized spacial score (nSPS) is 25.1. The Balaban J connectivity index is 0.938. The van der Waals surface area contributed by atoms with Crippen LogP contribution in [0.3, 0.4) is 0 Å². The molecule has 0 amide bonds. The number of aliphatic imine (C=N–C) groups is 3. The van der Waals surface area contributed by atoms with Gasteiger partial charge in [-0.3, -0.25) is 19.7 Å². The summed E-state index contributed by atoms with van der Waals surface area (Å²) in [6, 6.07) is 12.7. The second-order valence-corrected chi connectivity index (χ2v) is 18.3. The van der Waals surface area contributed by atoms with Crippen molar-refractivity contribution in [1.29, 1.82) is 0 Å². The summed E-state index contributed by atoms with van der Waals surface area (Å²) in [7, 11) is 0. The van der Waals surface area contributed by atoms with Gasteiger partial charge in [-0.2, -0.15) is 0 Å². The number of nitro groups is 1. The summed E-state index contributed by atoms with van der Waals surface area (Å²) in [5.74, 6) is -0.0699. The monoisotopic (exact) mass is 870 g/mol. The van der Waals surface area contributed by atoms with Crippen LogP contribution in [-0.4, -0.2) is 57.8 Å². The SMILES string of the molecule is CCC1=C(C)C2=CC3=NC(=C(C)/C3=C\O)C=C3NC(=C4CC(=O)C5=C(C)C(=CC1=N2)N=C45)[C@@H](CCC(=O)OCCN1c2ccccc2C(C)(C)C12C=Cc1cc([N+](=O)[O-])ccc1O2)[C@@H]3C. The minimum absolute atomic E-state index is 0.0148. The van der Waals surface area contributed by atoms with E-state index >= 15 is 0 Å². The van der Waals surface area contributed by atoms with E-state index in [9.17, 15) is 24.8 Å². The van der Waals surface area contributed by atoms with Crippen LogP contribution in [0, 0.1) is 22.0 Å².